The number of hydrogen-bond acceptors (Lipinski definition) is 6. The van der Waals surface area contributed by atoms with Gasteiger partial charge >= 0.3 is 0 Å². The van der Waals surface area contributed by atoms with Crippen LogP contribution in [-0.4, -0.2) is 20.1 Å². The Bertz CT molecular complexity index is 830. The van der Waals surface area contributed by atoms with E-state index in [-0.39, 0.29) is 10.8 Å². The Morgan fingerprint density at radius 1 is 1.22 bits per heavy atom. The normalized spacial score (nSPS) is 14.7. The highest BCUT2D eigenvalue weighted by atomic mass is 32.2. The first-order valence-corrected chi connectivity index (χ1v) is 10.9. The Morgan fingerprint density at radius 3 is 2.61 bits per heavy atom. The topological polar surface area (TPSA) is 66.4 Å². The standard InChI is InChI=1S/C15H15NO3S4/c1-11-4-5-14(22-11)23(18,19)16-10-15(17,12-6-8-20-9-12)13-3-2-7-21-13/h2-9,16-17H,10H2,1H3/t15-/m0/s1. The maximum atomic E-state index is 12.4. The first-order valence-electron chi connectivity index (χ1n) is 6.77. The van der Waals surface area contributed by atoms with Gasteiger partial charge in [-0.1, -0.05) is 6.07 Å². The highest BCUT2D eigenvalue weighted by Crippen LogP contribution is 2.34. The van der Waals surface area contributed by atoms with E-state index in [2.05, 4.69) is 4.72 Å². The van der Waals surface area contributed by atoms with Crippen LogP contribution in [-0.2, 0) is 15.6 Å². The molecule has 0 fully saturated rings. The van der Waals surface area contributed by atoms with E-state index in [9.17, 15) is 13.5 Å². The van der Waals surface area contributed by atoms with Gasteiger partial charge in [0.1, 0.15) is 9.81 Å². The van der Waals surface area contributed by atoms with E-state index in [1.54, 1.807) is 12.1 Å². The molecule has 122 valence electrons. The molecule has 0 saturated heterocycles. The lowest BCUT2D eigenvalue weighted by molar-refractivity contribution is 0.0903. The van der Waals surface area contributed by atoms with Crippen molar-refractivity contribution in [1.82, 2.24) is 4.72 Å². The quantitative estimate of drug-likeness (QED) is 0.683. The lowest BCUT2D eigenvalue weighted by atomic mass is 9.95. The number of nitrogens with one attached hydrogen (secondary N) is 1. The van der Waals surface area contributed by atoms with Crippen LogP contribution in [0.1, 0.15) is 15.3 Å². The third kappa shape index (κ3) is 3.42. The summed E-state index contributed by atoms with van der Waals surface area (Å²) in [4.78, 5) is 1.64. The molecule has 0 radical (unpaired) electrons. The van der Waals surface area contributed by atoms with Crippen LogP contribution in [0, 0.1) is 6.92 Å². The van der Waals surface area contributed by atoms with Crippen molar-refractivity contribution < 1.29 is 13.5 Å². The molecule has 0 aliphatic rings. The molecule has 0 unspecified atom stereocenters. The minimum Gasteiger partial charge on any atom is -0.378 e. The summed E-state index contributed by atoms with van der Waals surface area (Å²) >= 11 is 4.08. The van der Waals surface area contributed by atoms with Crippen LogP contribution in [0.25, 0.3) is 0 Å². The molecular formula is C15H15NO3S4. The first-order chi connectivity index (χ1) is 10.9. The van der Waals surface area contributed by atoms with Crippen LogP contribution in [0.3, 0.4) is 0 Å². The zero-order valence-electron chi connectivity index (χ0n) is 12.2. The Kier molecular flexibility index (Phi) is 4.73. The van der Waals surface area contributed by atoms with Crippen LogP contribution >= 0.6 is 34.0 Å². The maximum Gasteiger partial charge on any atom is 0.250 e. The molecule has 4 nitrogen and oxygen atoms in total. The molecule has 0 spiro atoms. The van der Waals surface area contributed by atoms with E-state index in [4.69, 9.17) is 0 Å². The molecule has 0 saturated carbocycles. The second-order valence-electron chi connectivity index (χ2n) is 5.04. The van der Waals surface area contributed by atoms with Crippen LogP contribution < -0.4 is 4.72 Å². The summed E-state index contributed by atoms with van der Waals surface area (Å²) in [5.41, 5.74) is -0.678. The average molecular weight is 386 g/mol. The van der Waals surface area contributed by atoms with E-state index in [1.807, 2.05) is 41.3 Å². The van der Waals surface area contributed by atoms with Gasteiger partial charge in [0, 0.05) is 21.9 Å². The van der Waals surface area contributed by atoms with Crippen molar-refractivity contribution in [2.24, 2.45) is 0 Å². The predicted octanol–water partition coefficient (Wildman–Crippen LogP) is 3.39. The third-order valence-corrected chi connectivity index (χ3v) is 8.02. The molecule has 0 aromatic carbocycles. The summed E-state index contributed by atoms with van der Waals surface area (Å²) in [7, 11) is -3.64. The summed E-state index contributed by atoms with van der Waals surface area (Å²) in [5, 5.41) is 16.7. The van der Waals surface area contributed by atoms with Gasteiger partial charge in [-0.3, -0.25) is 0 Å². The van der Waals surface area contributed by atoms with Gasteiger partial charge in [0.2, 0.25) is 10.0 Å². The number of aliphatic hydroxyl groups is 1. The van der Waals surface area contributed by atoms with Crippen LogP contribution in [0.15, 0.2) is 50.7 Å². The summed E-state index contributed by atoms with van der Waals surface area (Å²) in [6, 6.07) is 8.81. The largest absolute Gasteiger partial charge is 0.378 e. The molecule has 0 aliphatic carbocycles. The van der Waals surface area contributed by atoms with Crippen molar-refractivity contribution in [3.8, 4) is 0 Å². The number of sulfonamides is 1. The highest BCUT2D eigenvalue weighted by molar-refractivity contribution is 7.91. The minimum atomic E-state index is -3.64. The molecule has 3 aromatic heterocycles. The molecule has 1 atom stereocenters. The molecule has 0 amide bonds. The summed E-state index contributed by atoms with van der Waals surface area (Å²) in [6.07, 6.45) is 0. The van der Waals surface area contributed by atoms with Gasteiger partial charge in [0.25, 0.3) is 0 Å². The van der Waals surface area contributed by atoms with Crippen molar-refractivity contribution in [1.29, 1.82) is 0 Å². The lowest BCUT2D eigenvalue weighted by Gasteiger charge is -2.26. The molecule has 8 heteroatoms. The van der Waals surface area contributed by atoms with Gasteiger partial charge in [-0.25, -0.2) is 13.1 Å². The predicted molar refractivity (Wildman–Crippen MR) is 95.9 cm³/mol. The lowest BCUT2D eigenvalue weighted by Crippen LogP contribution is -2.40. The number of hydrogen-bond donors (Lipinski definition) is 2. The van der Waals surface area contributed by atoms with E-state index < -0.39 is 15.6 Å². The van der Waals surface area contributed by atoms with Gasteiger partial charge < -0.3 is 5.11 Å². The van der Waals surface area contributed by atoms with Gasteiger partial charge in [0.05, 0.1) is 0 Å². The van der Waals surface area contributed by atoms with Gasteiger partial charge in [0.15, 0.2) is 0 Å². The number of thiophene rings is 3. The highest BCUT2D eigenvalue weighted by Gasteiger charge is 2.35. The van der Waals surface area contributed by atoms with Crippen LogP contribution in [0.5, 0.6) is 0 Å². The molecular weight excluding hydrogens is 370 g/mol. The summed E-state index contributed by atoms with van der Waals surface area (Å²) in [5.74, 6) is 0. The van der Waals surface area contributed by atoms with Gasteiger partial charge in [-0.2, -0.15) is 11.3 Å². The molecule has 3 aromatic rings. The van der Waals surface area contributed by atoms with E-state index in [0.717, 1.165) is 4.88 Å². The Morgan fingerprint density at radius 2 is 2.04 bits per heavy atom. The molecule has 0 bridgehead atoms. The van der Waals surface area contributed by atoms with Crippen molar-refractivity contribution in [2.75, 3.05) is 6.54 Å². The fraction of sp³-hybridized carbons (Fsp3) is 0.200. The van der Waals surface area contributed by atoms with Crippen molar-refractivity contribution >= 4 is 44.0 Å². The molecule has 2 N–H and O–H groups in total. The molecule has 3 rings (SSSR count). The maximum absolute atomic E-state index is 12.4. The summed E-state index contributed by atoms with van der Waals surface area (Å²) < 4.78 is 27.7. The summed E-state index contributed by atoms with van der Waals surface area (Å²) in [6.45, 7) is 1.75. The smallest absolute Gasteiger partial charge is 0.250 e. The van der Waals surface area contributed by atoms with Crippen LogP contribution in [0.4, 0.5) is 0 Å². The fourth-order valence-corrected chi connectivity index (χ4v) is 6.13. The number of rotatable bonds is 6. The second kappa shape index (κ2) is 6.46. The Balaban J connectivity index is 1.89. The van der Waals surface area contributed by atoms with E-state index in [0.29, 0.717) is 10.4 Å². The zero-order valence-corrected chi connectivity index (χ0v) is 15.5. The average Bonchev–Trinajstić information content (AvgIpc) is 3.25. The van der Waals surface area contributed by atoms with Crippen molar-refractivity contribution in [3.63, 3.8) is 0 Å². The van der Waals surface area contributed by atoms with Crippen molar-refractivity contribution in [3.05, 3.63) is 61.8 Å². The second-order valence-corrected chi connectivity index (χ2v) is 10.0. The van der Waals surface area contributed by atoms with E-state index in [1.165, 1.54) is 34.0 Å². The van der Waals surface area contributed by atoms with Crippen LogP contribution in [0.2, 0.25) is 0 Å². The molecule has 23 heavy (non-hydrogen) atoms. The zero-order chi connectivity index (χ0) is 16.5. The molecule has 3 heterocycles. The Labute approximate surface area is 147 Å². The minimum absolute atomic E-state index is 0.108. The van der Waals surface area contributed by atoms with Crippen molar-refractivity contribution in [2.45, 2.75) is 16.7 Å². The molecule has 0 aliphatic heterocycles. The van der Waals surface area contributed by atoms with Gasteiger partial charge in [-0.05, 0) is 47.3 Å². The third-order valence-electron chi connectivity index (χ3n) is 3.43. The SMILES string of the molecule is Cc1ccc(S(=O)(=O)NC[C@](O)(c2ccsc2)c2cccs2)s1. The number of aryl methyl sites for hydroxylation is 1. The monoisotopic (exact) mass is 385 g/mol. The fourth-order valence-electron chi connectivity index (χ4n) is 2.17. The van der Waals surface area contributed by atoms with E-state index >= 15 is 0 Å². The first kappa shape index (κ1) is 16.8. The van der Waals surface area contributed by atoms with Gasteiger partial charge in [-0.15, -0.1) is 22.7 Å². The Hall–Kier alpha value is -1.03.